The van der Waals surface area contributed by atoms with E-state index in [4.69, 9.17) is 9.47 Å². The van der Waals surface area contributed by atoms with Gasteiger partial charge in [0.25, 0.3) is 6.71 Å². The molecule has 9 rings (SSSR count). The van der Waals surface area contributed by atoms with Gasteiger partial charge in [-0.1, -0.05) is 102 Å². The molecule has 0 fully saturated rings. The van der Waals surface area contributed by atoms with E-state index in [1.165, 1.54) is 63.0 Å². The average Bonchev–Trinajstić information content (AvgIpc) is 3.03. The highest BCUT2D eigenvalue weighted by Crippen LogP contribution is 2.53. The molecule has 5 aromatic rings. The third-order valence-corrected chi connectivity index (χ3v) is 11.5. The fourth-order valence-electron chi connectivity index (χ4n) is 8.74. The maximum absolute atomic E-state index is 7.04. The Morgan fingerprint density at radius 2 is 1.11 bits per heavy atom. The molecule has 3 heterocycles. The van der Waals surface area contributed by atoms with E-state index in [1.54, 1.807) is 0 Å². The van der Waals surface area contributed by atoms with E-state index in [9.17, 15) is 0 Å². The number of hydrogen-bond acceptors (Lipinski definition) is 3. The van der Waals surface area contributed by atoms with Crippen LogP contribution in [0.4, 0.5) is 17.1 Å². The molecular weight excluding hydrogens is 561 g/mol. The average molecular weight is 602 g/mol. The molecule has 4 heteroatoms. The molecule has 46 heavy (non-hydrogen) atoms. The van der Waals surface area contributed by atoms with Gasteiger partial charge in [0.2, 0.25) is 0 Å². The molecule has 0 saturated heterocycles. The predicted octanol–water partition coefficient (Wildman–Crippen LogP) is 9.18. The van der Waals surface area contributed by atoms with E-state index in [1.807, 2.05) is 0 Å². The Hall–Kier alpha value is -4.44. The first-order valence-electron chi connectivity index (χ1n) is 16.8. The lowest BCUT2D eigenvalue weighted by atomic mass is 9.34. The van der Waals surface area contributed by atoms with Gasteiger partial charge in [-0.15, -0.1) is 0 Å². The summed E-state index contributed by atoms with van der Waals surface area (Å²) in [5, 5.41) is 0. The first-order valence-corrected chi connectivity index (χ1v) is 16.8. The highest BCUT2D eigenvalue weighted by Gasteiger charge is 2.45. The van der Waals surface area contributed by atoms with Crippen LogP contribution in [0.1, 0.15) is 82.2 Å². The van der Waals surface area contributed by atoms with Crippen molar-refractivity contribution < 1.29 is 9.47 Å². The summed E-state index contributed by atoms with van der Waals surface area (Å²) in [6.07, 6.45) is 2.34. The van der Waals surface area contributed by atoms with Crippen LogP contribution in [0, 0.1) is 6.92 Å². The van der Waals surface area contributed by atoms with E-state index in [-0.39, 0.29) is 23.0 Å². The second-order valence-corrected chi connectivity index (χ2v) is 15.7. The van der Waals surface area contributed by atoms with Crippen LogP contribution in [-0.2, 0) is 16.2 Å². The minimum atomic E-state index is -0.125. The molecule has 4 aliphatic rings. The van der Waals surface area contributed by atoms with Crippen molar-refractivity contribution >= 4 is 40.2 Å². The Bertz CT molecular complexity index is 2070. The zero-order valence-corrected chi connectivity index (χ0v) is 27.9. The van der Waals surface area contributed by atoms with E-state index >= 15 is 0 Å². The number of benzene rings is 5. The lowest BCUT2D eigenvalue weighted by molar-refractivity contribution is 0.330. The van der Waals surface area contributed by atoms with E-state index < -0.39 is 0 Å². The summed E-state index contributed by atoms with van der Waals surface area (Å²) in [5.41, 5.74) is 13.8. The number of para-hydroxylation sites is 2. The van der Waals surface area contributed by atoms with Gasteiger partial charge in [-0.2, -0.15) is 0 Å². The van der Waals surface area contributed by atoms with Crippen molar-refractivity contribution in [2.24, 2.45) is 0 Å². The standard InChI is InChI=1S/C42H40BNO2/c1-25-16-17-35-31(20-25)43-32-23-29-30(41(4,5)19-18-40(29,2)3)24-36(32)46-38-22-26(21-37(45-35)39(38)43)44-33-14-10-8-12-27(33)42(6,7)28-13-9-11-15-34(28)44/h8-17,20-24H,18-19H2,1-7H3. The van der Waals surface area contributed by atoms with Crippen molar-refractivity contribution in [3.63, 3.8) is 0 Å². The molecule has 3 aliphatic heterocycles. The molecule has 0 aromatic heterocycles. The smallest absolute Gasteiger partial charge is 0.260 e. The first kappa shape index (κ1) is 27.8. The minimum Gasteiger partial charge on any atom is -0.458 e. The zero-order valence-electron chi connectivity index (χ0n) is 27.9. The largest absolute Gasteiger partial charge is 0.458 e. The summed E-state index contributed by atoms with van der Waals surface area (Å²) in [7, 11) is 0. The van der Waals surface area contributed by atoms with Crippen LogP contribution in [0.5, 0.6) is 23.0 Å². The summed E-state index contributed by atoms with van der Waals surface area (Å²) < 4.78 is 13.9. The van der Waals surface area contributed by atoms with Gasteiger partial charge in [-0.25, -0.2) is 0 Å². The molecule has 0 amide bonds. The van der Waals surface area contributed by atoms with Crippen LogP contribution in [0.3, 0.4) is 0 Å². The van der Waals surface area contributed by atoms with Gasteiger partial charge in [-0.3, -0.25) is 0 Å². The monoisotopic (exact) mass is 601 g/mol. The van der Waals surface area contributed by atoms with Crippen molar-refractivity contribution in [3.8, 4) is 23.0 Å². The highest BCUT2D eigenvalue weighted by atomic mass is 16.5. The number of nitrogens with zero attached hydrogens (tertiary/aromatic N) is 1. The SMILES string of the molecule is Cc1ccc2c(c1)B1c3cc4c(cc3Oc3cc(N5c6ccccc6C(C)(C)c6ccccc65)cc(c31)O2)C(C)(C)CCC4(C)C. The van der Waals surface area contributed by atoms with Crippen LogP contribution < -0.4 is 30.8 Å². The Balaban J connectivity index is 1.30. The van der Waals surface area contributed by atoms with E-state index in [0.717, 1.165) is 34.1 Å². The Morgan fingerprint density at radius 3 is 1.74 bits per heavy atom. The van der Waals surface area contributed by atoms with Crippen molar-refractivity contribution in [2.75, 3.05) is 4.90 Å². The summed E-state index contributed by atoms with van der Waals surface area (Å²) in [4.78, 5) is 2.40. The molecular formula is C42H40BNO2. The molecule has 0 bridgehead atoms. The third kappa shape index (κ3) is 3.73. The molecule has 228 valence electrons. The summed E-state index contributed by atoms with van der Waals surface area (Å²) in [6.45, 7) is 16.5. The Kier molecular flexibility index (Phi) is 5.50. The van der Waals surface area contributed by atoms with Gasteiger partial charge in [-0.05, 0) is 88.0 Å². The highest BCUT2D eigenvalue weighted by molar-refractivity contribution is 6.98. The number of aryl methyl sites for hydroxylation is 1. The van der Waals surface area contributed by atoms with E-state index in [0.29, 0.717) is 0 Å². The van der Waals surface area contributed by atoms with Gasteiger partial charge in [0.15, 0.2) is 0 Å². The maximum Gasteiger partial charge on any atom is 0.260 e. The van der Waals surface area contributed by atoms with Gasteiger partial charge in [0.05, 0.1) is 17.1 Å². The lowest BCUT2D eigenvalue weighted by Gasteiger charge is -2.44. The number of hydrogen-bond donors (Lipinski definition) is 0. The number of rotatable bonds is 1. The van der Waals surface area contributed by atoms with Crippen LogP contribution in [0.15, 0.2) is 91.0 Å². The molecule has 3 nitrogen and oxygen atoms in total. The second kappa shape index (κ2) is 9.09. The lowest BCUT2D eigenvalue weighted by Crippen LogP contribution is -2.58. The third-order valence-electron chi connectivity index (χ3n) is 11.5. The number of fused-ring (bicyclic) bond motifs is 7. The molecule has 0 N–H and O–H groups in total. The molecule has 0 spiro atoms. The van der Waals surface area contributed by atoms with Gasteiger partial charge >= 0.3 is 0 Å². The molecule has 0 unspecified atom stereocenters. The summed E-state index contributed by atoms with van der Waals surface area (Å²) >= 11 is 0. The van der Waals surface area contributed by atoms with Gasteiger partial charge < -0.3 is 14.4 Å². The maximum atomic E-state index is 7.04. The van der Waals surface area contributed by atoms with E-state index in [2.05, 4.69) is 144 Å². The predicted molar refractivity (Wildman–Crippen MR) is 191 cm³/mol. The van der Waals surface area contributed by atoms with Gasteiger partial charge in [0, 0.05) is 23.0 Å². The fourth-order valence-corrected chi connectivity index (χ4v) is 8.74. The van der Waals surface area contributed by atoms with Crippen molar-refractivity contribution in [3.05, 3.63) is 119 Å². The fraction of sp³-hybridized carbons (Fsp3) is 0.286. The minimum absolute atomic E-state index is 0.0393. The quantitative estimate of drug-likeness (QED) is 0.175. The Morgan fingerprint density at radius 1 is 0.565 bits per heavy atom. The first-order chi connectivity index (χ1) is 21.9. The second-order valence-electron chi connectivity index (χ2n) is 15.7. The van der Waals surface area contributed by atoms with Crippen LogP contribution in [-0.4, -0.2) is 6.71 Å². The van der Waals surface area contributed by atoms with Crippen LogP contribution >= 0.6 is 0 Å². The van der Waals surface area contributed by atoms with Gasteiger partial charge in [0.1, 0.15) is 23.0 Å². The number of anilines is 3. The molecule has 0 atom stereocenters. The molecule has 0 saturated carbocycles. The molecule has 0 radical (unpaired) electrons. The topological polar surface area (TPSA) is 21.7 Å². The molecule has 5 aromatic carbocycles. The summed E-state index contributed by atoms with van der Waals surface area (Å²) in [5.74, 6) is 3.65. The van der Waals surface area contributed by atoms with Crippen molar-refractivity contribution in [2.45, 2.75) is 77.6 Å². The van der Waals surface area contributed by atoms with Crippen LogP contribution in [0.2, 0.25) is 0 Å². The van der Waals surface area contributed by atoms with Crippen LogP contribution in [0.25, 0.3) is 0 Å². The number of ether oxygens (including phenoxy) is 2. The molecule has 1 aliphatic carbocycles. The zero-order chi connectivity index (χ0) is 31.7. The summed E-state index contributed by atoms with van der Waals surface area (Å²) in [6, 6.07) is 33.6. The normalized spacial score (nSPS) is 18.5. The van der Waals surface area contributed by atoms with Crippen molar-refractivity contribution in [1.82, 2.24) is 0 Å². The Labute approximate surface area is 273 Å². The van der Waals surface area contributed by atoms with Crippen molar-refractivity contribution in [1.29, 1.82) is 0 Å².